The Labute approximate surface area is 89.3 Å². The number of hydrogen-bond acceptors (Lipinski definition) is 2. The molecule has 2 nitrogen and oxygen atoms in total. The monoisotopic (exact) mass is 202 g/mol. The molecule has 15 heavy (non-hydrogen) atoms. The normalized spacial score (nSPS) is 19.8. The number of carbonyl (C=O) groups excluding carboxylic acids is 1. The van der Waals surface area contributed by atoms with Gasteiger partial charge in [0.05, 0.1) is 11.7 Å². The van der Waals surface area contributed by atoms with E-state index in [1.165, 1.54) is 0 Å². The van der Waals surface area contributed by atoms with Gasteiger partial charge in [0.2, 0.25) is 0 Å². The molecule has 2 rings (SSSR count). The molecule has 0 unspecified atom stereocenters. The summed E-state index contributed by atoms with van der Waals surface area (Å²) < 4.78 is 5.41. The second-order valence-corrected chi connectivity index (χ2v) is 4.24. The van der Waals surface area contributed by atoms with Crippen LogP contribution in [0.4, 0.5) is 0 Å². The fourth-order valence-corrected chi connectivity index (χ4v) is 2.11. The minimum absolute atomic E-state index is 0.124. The maximum Gasteiger partial charge on any atom is 0.183 e. The summed E-state index contributed by atoms with van der Waals surface area (Å²) in [6.07, 6.45) is 5.58. The third-order valence-corrected chi connectivity index (χ3v) is 2.80. The predicted molar refractivity (Wildman–Crippen MR) is 58.6 cm³/mol. The molecule has 0 atom stereocenters. The molecule has 1 aliphatic carbocycles. The molecule has 1 heterocycles. The van der Waals surface area contributed by atoms with Crippen LogP contribution in [0.2, 0.25) is 0 Å². The molecule has 0 bridgehead atoms. The van der Waals surface area contributed by atoms with Gasteiger partial charge in [0, 0.05) is 0 Å². The molecule has 1 aromatic heterocycles. The molecule has 1 aliphatic rings. The number of allylic oxidation sites excluding steroid dienone is 4. The fraction of sp³-hybridized carbons (Fsp3) is 0.308. The van der Waals surface area contributed by atoms with Crippen molar-refractivity contribution in [1.82, 2.24) is 0 Å². The number of hydrogen-bond donors (Lipinski definition) is 0. The molecule has 0 radical (unpaired) electrons. The number of carbonyl (C=O) groups is 1. The van der Waals surface area contributed by atoms with Crippen molar-refractivity contribution in [2.75, 3.05) is 0 Å². The van der Waals surface area contributed by atoms with E-state index in [0.717, 1.165) is 16.9 Å². The highest BCUT2D eigenvalue weighted by Gasteiger charge is 2.30. The van der Waals surface area contributed by atoms with Crippen molar-refractivity contribution < 1.29 is 9.21 Å². The third-order valence-electron chi connectivity index (χ3n) is 2.80. The molecule has 0 aliphatic heterocycles. The Hall–Kier alpha value is -1.57. The number of Topliss-reactive ketones (excluding diaryl/α,β-unsaturated/α-hetero) is 1. The Morgan fingerprint density at radius 2 is 1.80 bits per heavy atom. The van der Waals surface area contributed by atoms with Crippen LogP contribution in [0.1, 0.15) is 26.5 Å². The lowest BCUT2D eigenvalue weighted by Gasteiger charge is -2.25. The van der Waals surface area contributed by atoms with Gasteiger partial charge in [-0.2, -0.15) is 0 Å². The van der Waals surface area contributed by atoms with Crippen LogP contribution in [-0.2, 0) is 10.2 Å². The first-order chi connectivity index (χ1) is 7.03. The van der Waals surface area contributed by atoms with E-state index >= 15 is 0 Å². The number of ketones is 1. The minimum Gasteiger partial charge on any atom is -0.468 e. The molecule has 0 fully saturated rings. The van der Waals surface area contributed by atoms with Gasteiger partial charge in [-0.05, 0) is 44.1 Å². The third kappa shape index (κ3) is 1.56. The van der Waals surface area contributed by atoms with Gasteiger partial charge in [-0.3, -0.25) is 4.79 Å². The van der Waals surface area contributed by atoms with Crippen LogP contribution in [0.25, 0.3) is 0 Å². The first-order valence-corrected chi connectivity index (χ1v) is 5.00. The van der Waals surface area contributed by atoms with Gasteiger partial charge in [0.1, 0.15) is 5.76 Å². The van der Waals surface area contributed by atoms with Crippen LogP contribution < -0.4 is 0 Å². The maximum atomic E-state index is 11.6. The van der Waals surface area contributed by atoms with Crippen molar-refractivity contribution in [2.24, 2.45) is 0 Å². The van der Waals surface area contributed by atoms with Gasteiger partial charge in [-0.25, -0.2) is 0 Å². The Balaban J connectivity index is 2.51. The largest absolute Gasteiger partial charge is 0.468 e. The van der Waals surface area contributed by atoms with E-state index in [1.54, 1.807) is 6.26 Å². The topological polar surface area (TPSA) is 30.2 Å². The lowest BCUT2D eigenvalue weighted by atomic mass is 9.78. The summed E-state index contributed by atoms with van der Waals surface area (Å²) in [5.74, 6) is 0.993. The van der Waals surface area contributed by atoms with Crippen molar-refractivity contribution in [2.45, 2.75) is 26.2 Å². The molecule has 0 N–H and O–H groups in total. The Kier molecular flexibility index (Phi) is 2.14. The first kappa shape index (κ1) is 9.97. The van der Waals surface area contributed by atoms with Crippen LogP contribution in [0.15, 0.2) is 46.1 Å². The zero-order valence-corrected chi connectivity index (χ0v) is 9.20. The van der Waals surface area contributed by atoms with Crippen LogP contribution in [0, 0.1) is 0 Å². The second kappa shape index (κ2) is 3.23. The van der Waals surface area contributed by atoms with Crippen molar-refractivity contribution in [3.8, 4) is 0 Å². The van der Waals surface area contributed by atoms with E-state index in [-0.39, 0.29) is 11.2 Å². The summed E-state index contributed by atoms with van der Waals surface area (Å²) in [7, 11) is 0. The summed E-state index contributed by atoms with van der Waals surface area (Å²) in [4.78, 5) is 11.6. The van der Waals surface area contributed by atoms with Crippen molar-refractivity contribution in [3.05, 3.63) is 47.5 Å². The lowest BCUT2D eigenvalue weighted by molar-refractivity contribution is -0.112. The van der Waals surface area contributed by atoms with Crippen LogP contribution >= 0.6 is 0 Å². The zero-order chi connectivity index (χ0) is 11.1. The van der Waals surface area contributed by atoms with Crippen LogP contribution in [-0.4, -0.2) is 5.78 Å². The standard InChI is InChI=1S/C13H14O2/c1-9-7-13(3,8-10(2)12(9)14)11-5-4-6-15-11/h4-8H,1-3H3. The average molecular weight is 202 g/mol. The highest BCUT2D eigenvalue weighted by Crippen LogP contribution is 2.33. The minimum atomic E-state index is -0.286. The summed E-state index contributed by atoms with van der Waals surface area (Å²) in [6, 6.07) is 3.80. The molecular weight excluding hydrogens is 188 g/mol. The van der Waals surface area contributed by atoms with Gasteiger partial charge >= 0.3 is 0 Å². The van der Waals surface area contributed by atoms with Gasteiger partial charge < -0.3 is 4.42 Å². The van der Waals surface area contributed by atoms with E-state index in [0.29, 0.717) is 0 Å². The number of rotatable bonds is 1. The summed E-state index contributed by atoms with van der Waals surface area (Å²) >= 11 is 0. The maximum absolute atomic E-state index is 11.6. The average Bonchev–Trinajstić information content (AvgIpc) is 2.67. The lowest BCUT2D eigenvalue weighted by Crippen LogP contribution is -2.23. The van der Waals surface area contributed by atoms with Crippen molar-refractivity contribution >= 4 is 5.78 Å². The highest BCUT2D eigenvalue weighted by atomic mass is 16.3. The van der Waals surface area contributed by atoms with E-state index in [9.17, 15) is 4.79 Å². The molecule has 0 aromatic carbocycles. The Bertz CT molecular complexity index is 425. The summed E-state index contributed by atoms with van der Waals surface area (Å²) in [5, 5.41) is 0. The summed E-state index contributed by atoms with van der Waals surface area (Å²) in [5.41, 5.74) is 1.29. The molecule has 0 saturated carbocycles. The fourth-order valence-electron chi connectivity index (χ4n) is 2.11. The van der Waals surface area contributed by atoms with Gasteiger partial charge in [0.25, 0.3) is 0 Å². The Morgan fingerprint density at radius 3 is 2.27 bits per heavy atom. The van der Waals surface area contributed by atoms with Gasteiger partial charge in [-0.15, -0.1) is 0 Å². The molecule has 1 aromatic rings. The van der Waals surface area contributed by atoms with Crippen LogP contribution in [0.3, 0.4) is 0 Å². The van der Waals surface area contributed by atoms with Crippen molar-refractivity contribution in [3.63, 3.8) is 0 Å². The van der Waals surface area contributed by atoms with E-state index in [1.807, 2.05) is 45.1 Å². The van der Waals surface area contributed by atoms with Gasteiger partial charge in [0.15, 0.2) is 5.78 Å². The van der Waals surface area contributed by atoms with Crippen LogP contribution in [0.5, 0.6) is 0 Å². The highest BCUT2D eigenvalue weighted by molar-refractivity contribution is 6.08. The second-order valence-electron chi connectivity index (χ2n) is 4.24. The Morgan fingerprint density at radius 1 is 1.20 bits per heavy atom. The van der Waals surface area contributed by atoms with E-state index in [2.05, 4.69) is 0 Å². The van der Waals surface area contributed by atoms with Gasteiger partial charge in [-0.1, -0.05) is 12.2 Å². The molecule has 78 valence electrons. The predicted octanol–water partition coefficient (Wildman–Crippen LogP) is 3.01. The number of furan rings is 1. The molecule has 0 saturated heterocycles. The molecule has 2 heteroatoms. The van der Waals surface area contributed by atoms with E-state index in [4.69, 9.17) is 4.42 Å². The van der Waals surface area contributed by atoms with Crippen molar-refractivity contribution in [1.29, 1.82) is 0 Å². The van der Waals surface area contributed by atoms with E-state index < -0.39 is 0 Å². The molecular formula is C13H14O2. The SMILES string of the molecule is CC1=CC(C)(c2ccco2)C=C(C)C1=O. The quantitative estimate of drug-likeness (QED) is 0.700. The molecule has 0 amide bonds. The summed E-state index contributed by atoms with van der Waals surface area (Å²) in [6.45, 7) is 5.74. The zero-order valence-electron chi connectivity index (χ0n) is 9.20. The smallest absolute Gasteiger partial charge is 0.183 e. The molecule has 0 spiro atoms. The first-order valence-electron chi connectivity index (χ1n) is 5.00.